The maximum absolute atomic E-state index is 10.6. The van der Waals surface area contributed by atoms with E-state index in [1.54, 1.807) is 20.0 Å². The topological polar surface area (TPSA) is 77.2 Å². The molecular weight excluding hydrogens is 274 g/mol. The Morgan fingerprint density at radius 2 is 2.31 bits per heavy atom. The maximum atomic E-state index is 10.6. The number of hydrogen-bond donors (Lipinski definition) is 2. The molecule has 0 aromatic carbocycles. The number of carbonyl (C=O) groups is 1. The van der Waals surface area contributed by atoms with Gasteiger partial charge in [0.15, 0.2) is 0 Å². The van der Waals surface area contributed by atoms with Crippen molar-refractivity contribution >= 4 is 27.8 Å². The van der Waals surface area contributed by atoms with E-state index in [0.29, 0.717) is 12.4 Å². The number of primary amides is 1. The van der Waals surface area contributed by atoms with E-state index in [0.717, 1.165) is 4.47 Å². The van der Waals surface area contributed by atoms with E-state index in [2.05, 4.69) is 26.2 Å². The zero-order chi connectivity index (χ0) is 12.2. The number of rotatable bonds is 4. The molecule has 88 valence electrons. The highest BCUT2D eigenvalue weighted by molar-refractivity contribution is 9.10. The van der Waals surface area contributed by atoms with E-state index < -0.39 is 11.7 Å². The first kappa shape index (κ1) is 12.8. The lowest BCUT2D eigenvalue weighted by atomic mass is 10.1. The van der Waals surface area contributed by atoms with Crippen LogP contribution in [0, 0.1) is 0 Å². The summed E-state index contributed by atoms with van der Waals surface area (Å²) >= 11 is 3.29. The number of ether oxygens (including phenoxy) is 1. The van der Waals surface area contributed by atoms with Crippen molar-refractivity contribution in [3.05, 3.63) is 22.8 Å². The first-order valence-corrected chi connectivity index (χ1v) is 5.52. The van der Waals surface area contributed by atoms with Gasteiger partial charge in [-0.15, -0.1) is 0 Å². The second-order valence-electron chi connectivity index (χ2n) is 3.90. The van der Waals surface area contributed by atoms with Crippen LogP contribution in [0.15, 0.2) is 22.8 Å². The van der Waals surface area contributed by atoms with E-state index in [1.807, 2.05) is 12.1 Å². The molecule has 1 amide bonds. The van der Waals surface area contributed by atoms with E-state index in [4.69, 9.17) is 10.5 Å². The van der Waals surface area contributed by atoms with Gasteiger partial charge in [-0.2, -0.15) is 0 Å². The Balaban J connectivity index is 2.50. The van der Waals surface area contributed by atoms with Crippen LogP contribution in [0.1, 0.15) is 13.8 Å². The number of carbonyl (C=O) groups excluding carboxylic acids is 1. The number of hydrogen-bond acceptors (Lipinski definition) is 4. The highest BCUT2D eigenvalue weighted by Gasteiger charge is 2.21. The molecule has 3 N–H and O–H groups in total. The van der Waals surface area contributed by atoms with Gasteiger partial charge in [-0.05, 0) is 41.9 Å². The van der Waals surface area contributed by atoms with Crippen molar-refractivity contribution in [1.82, 2.24) is 4.98 Å². The quantitative estimate of drug-likeness (QED) is 0.889. The lowest BCUT2D eigenvalue weighted by Crippen LogP contribution is -2.37. The molecule has 1 aromatic heterocycles. The highest BCUT2D eigenvalue weighted by atomic mass is 79.9. The van der Waals surface area contributed by atoms with Gasteiger partial charge in [0.1, 0.15) is 11.4 Å². The van der Waals surface area contributed by atoms with Gasteiger partial charge < -0.3 is 15.8 Å². The number of amides is 1. The van der Waals surface area contributed by atoms with Crippen molar-refractivity contribution in [3.63, 3.8) is 0 Å². The number of nitrogens with two attached hydrogens (primary N) is 1. The highest BCUT2D eigenvalue weighted by Crippen LogP contribution is 2.13. The summed E-state index contributed by atoms with van der Waals surface area (Å²) in [6.07, 6.45) is 0.903. The molecule has 0 saturated heterocycles. The largest absolute Gasteiger partial charge is 0.442 e. The minimum atomic E-state index is -0.782. The van der Waals surface area contributed by atoms with Crippen molar-refractivity contribution in [1.29, 1.82) is 0 Å². The maximum Gasteiger partial charge on any atom is 0.405 e. The summed E-state index contributed by atoms with van der Waals surface area (Å²) in [4.78, 5) is 14.8. The fraction of sp³-hybridized carbons (Fsp3) is 0.400. The minimum Gasteiger partial charge on any atom is -0.442 e. The van der Waals surface area contributed by atoms with Gasteiger partial charge in [-0.3, -0.25) is 0 Å². The van der Waals surface area contributed by atoms with Gasteiger partial charge in [0.2, 0.25) is 0 Å². The second kappa shape index (κ2) is 5.16. The Morgan fingerprint density at radius 1 is 1.62 bits per heavy atom. The molecule has 0 saturated carbocycles. The summed E-state index contributed by atoms with van der Waals surface area (Å²) < 4.78 is 5.83. The van der Waals surface area contributed by atoms with Crippen molar-refractivity contribution in [2.24, 2.45) is 5.73 Å². The molecule has 0 aliphatic carbocycles. The number of pyridine rings is 1. The molecule has 0 radical (unpaired) electrons. The van der Waals surface area contributed by atoms with Gasteiger partial charge in [-0.1, -0.05) is 0 Å². The Morgan fingerprint density at radius 3 is 2.81 bits per heavy atom. The monoisotopic (exact) mass is 287 g/mol. The minimum absolute atomic E-state index is 0.435. The van der Waals surface area contributed by atoms with Crippen LogP contribution in [0.2, 0.25) is 0 Å². The summed E-state index contributed by atoms with van der Waals surface area (Å²) in [7, 11) is 0. The molecule has 0 aliphatic heterocycles. The van der Waals surface area contributed by atoms with Crippen LogP contribution in [0.25, 0.3) is 0 Å². The Hall–Kier alpha value is -1.30. The average molecular weight is 288 g/mol. The standard InChI is InChI=1S/C10H14BrN3O2/c1-10(2,16-9(12)15)6-14-8-4-3-7(11)5-13-8/h3-5H,6H2,1-2H3,(H2,12,15)(H,13,14). The van der Waals surface area contributed by atoms with Crippen LogP contribution < -0.4 is 11.1 Å². The number of nitrogens with one attached hydrogen (secondary N) is 1. The van der Waals surface area contributed by atoms with Gasteiger partial charge in [0, 0.05) is 10.7 Å². The third-order valence-corrected chi connectivity index (χ3v) is 2.27. The number of nitrogens with zero attached hydrogens (tertiary/aromatic N) is 1. The lowest BCUT2D eigenvalue weighted by molar-refractivity contribution is 0.0553. The van der Waals surface area contributed by atoms with E-state index in [1.165, 1.54) is 0 Å². The predicted molar refractivity (Wildman–Crippen MR) is 65.2 cm³/mol. The summed E-state index contributed by atoms with van der Waals surface area (Å²) in [5.41, 5.74) is 4.29. The summed E-state index contributed by atoms with van der Waals surface area (Å²) in [6, 6.07) is 3.70. The molecule has 0 bridgehead atoms. The smallest absolute Gasteiger partial charge is 0.405 e. The molecule has 0 unspecified atom stereocenters. The fourth-order valence-electron chi connectivity index (χ4n) is 1.09. The normalized spacial score (nSPS) is 10.9. The zero-order valence-electron chi connectivity index (χ0n) is 9.16. The first-order valence-electron chi connectivity index (χ1n) is 4.73. The van der Waals surface area contributed by atoms with Gasteiger partial charge >= 0.3 is 6.09 Å². The SMILES string of the molecule is CC(C)(CNc1ccc(Br)cn1)OC(N)=O. The van der Waals surface area contributed by atoms with Crippen molar-refractivity contribution in [2.75, 3.05) is 11.9 Å². The van der Waals surface area contributed by atoms with Crippen LogP contribution in [0.3, 0.4) is 0 Å². The third kappa shape index (κ3) is 4.48. The van der Waals surface area contributed by atoms with Gasteiger partial charge in [0.05, 0.1) is 6.54 Å². The number of halogens is 1. The first-order chi connectivity index (χ1) is 7.39. The lowest BCUT2D eigenvalue weighted by Gasteiger charge is -2.24. The summed E-state index contributed by atoms with van der Waals surface area (Å²) in [5.74, 6) is 0.712. The van der Waals surface area contributed by atoms with Crippen LogP contribution in [-0.2, 0) is 4.74 Å². The fourth-order valence-corrected chi connectivity index (χ4v) is 1.33. The Bertz CT molecular complexity index is 365. The Labute approximate surface area is 103 Å². The van der Waals surface area contributed by atoms with Crippen molar-refractivity contribution < 1.29 is 9.53 Å². The van der Waals surface area contributed by atoms with Crippen LogP contribution >= 0.6 is 15.9 Å². The Kier molecular flexibility index (Phi) is 4.12. The zero-order valence-corrected chi connectivity index (χ0v) is 10.7. The molecule has 1 aromatic rings. The van der Waals surface area contributed by atoms with Crippen LogP contribution in [0.4, 0.5) is 10.6 Å². The van der Waals surface area contributed by atoms with Gasteiger partial charge in [0.25, 0.3) is 0 Å². The molecule has 6 heteroatoms. The van der Waals surface area contributed by atoms with E-state index in [-0.39, 0.29) is 0 Å². The summed E-state index contributed by atoms with van der Waals surface area (Å²) in [6.45, 7) is 3.97. The van der Waals surface area contributed by atoms with Crippen molar-refractivity contribution in [2.45, 2.75) is 19.4 Å². The molecule has 0 aliphatic rings. The molecule has 0 fully saturated rings. The number of anilines is 1. The van der Waals surface area contributed by atoms with E-state index in [9.17, 15) is 4.79 Å². The van der Waals surface area contributed by atoms with Crippen LogP contribution in [0.5, 0.6) is 0 Å². The summed E-state index contributed by atoms with van der Waals surface area (Å²) in [5, 5.41) is 3.05. The molecule has 0 atom stereocenters. The predicted octanol–water partition coefficient (Wildman–Crippen LogP) is 2.13. The third-order valence-electron chi connectivity index (χ3n) is 1.80. The molecular formula is C10H14BrN3O2. The van der Waals surface area contributed by atoms with Crippen LogP contribution in [-0.4, -0.2) is 23.2 Å². The average Bonchev–Trinajstić information content (AvgIpc) is 2.15. The number of aromatic nitrogens is 1. The van der Waals surface area contributed by atoms with Crippen molar-refractivity contribution in [3.8, 4) is 0 Å². The molecule has 16 heavy (non-hydrogen) atoms. The molecule has 1 heterocycles. The van der Waals surface area contributed by atoms with E-state index >= 15 is 0 Å². The molecule has 5 nitrogen and oxygen atoms in total. The van der Waals surface area contributed by atoms with Gasteiger partial charge in [-0.25, -0.2) is 9.78 Å². The second-order valence-corrected chi connectivity index (χ2v) is 4.81. The molecule has 1 rings (SSSR count). The molecule has 0 spiro atoms.